The lowest BCUT2D eigenvalue weighted by atomic mass is 10.1. The first-order chi connectivity index (χ1) is 16.6. The van der Waals surface area contributed by atoms with E-state index in [1.165, 1.54) is 0 Å². The van der Waals surface area contributed by atoms with Crippen LogP contribution in [-0.2, 0) is 11.3 Å². The smallest absolute Gasteiger partial charge is 0.219 e. The summed E-state index contributed by atoms with van der Waals surface area (Å²) < 4.78 is 5.94. The van der Waals surface area contributed by atoms with Crippen LogP contribution in [0.1, 0.15) is 12.6 Å². The van der Waals surface area contributed by atoms with Gasteiger partial charge in [-0.2, -0.15) is 5.10 Å². The number of piperazine rings is 1. The van der Waals surface area contributed by atoms with E-state index in [1.54, 1.807) is 24.2 Å². The van der Waals surface area contributed by atoms with Gasteiger partial charge in [-0.05, 0) is 36.4 Å². The van der Waals surface area contributed by atoms with Gasteiger partial charge in [0.15, 0.2) is 0 Å². The van der Waals surface area contributed by atoms with Gasteiger partial charge < -0.3 is 14.7 Å². The van der Waals surface area contributed by atoms with Gasteiger partial charge in [0.2, 0.25) is 11.8 Å². The highest BCUT2D eigenvalue weighted by atomic mass is 16.5. The second kappa shape index (κ2) is 9.58. The van der Waals surface area contributed by atoms with E-state index >= 15 is 0 Å². The Labute approximate surface area is 197 Å². The van der Waals surface area contributed by atoms with Crippen LogP contribution in [0.25, 0.3) is 22.2 Å². The number of ether oxygens (including phenoxy) is 1. The zero-order valence-electron chi connectivity index (χ0n) is 18.9. The van der Waals surface area contributed by atoms with E-state index in [1.807, 2.05) is 48.5 Å². The number of aliphatic hydroxyl groups excluding tert-OH is 1. The van der Waals surface area contributed by atoms with Gasteiger partial charge in [0.1, 0.15) is 5.75 Å². The Morgan fingerprint density at radius 3 is 2.82 bits per heavy atom. The summed E-state index contributed by atoms with van der Waals surface area (Å²) in [6, 6.07) is 15.3. The van der Waals surface area contributed by atoms with Gasteiger partial charge in [-0.25, -0.2) is 4.98 Å². The molecule has 0 aliphatic carbocycles. The summed E-state index contributed by atoms with van der Waals surface area (Å²) in [5, 5.41) is 17.6. The summed E-state index contributed by atoms with van der Waals surface area (Å²) in [6.07, 6.45) is 3.45. The average molecular weight is 459 g/mol. The Morgan fingerprint density at radius 2 is 2.09 bits per heavy atom. The molecule has 4 aromatic rings. The molecular formula is C25H26N6O3. The van der Waals surface area contributed by atoms with Crippen LogP contribution in [0, 0.1) is 0 Å². The van der Waals surface area contributed by atoms with Crippen LogP contribution in [0.15, 0.2) is 60.9 Å². The van der Waals surface area contributed by atoms with Gasteiger partial charge in [0.25, 0.3) is 0 Å². The molecule has 1 aliphatic heterocycles. The second-order valence-corrected chi connectivity index (χ2v) is 8.39. The van der Waals surface area contributed by atoms with Crippen molar-refractivity contribution in [1.29, 1.82) is 0 Å². The molecule has 9 heteroatoms. The van der Waals surface area contributed by atoms with Gasteiger partial charge in [0.05, 0.1) is 29.6 Å². The molecule has 1 saturated heterocycles. The van der Waals surface area contributed by atoms with Gasteiger partial charge in [0, 0.05) is 62.5 Å². The molecule has 0 spiro atoms. The number of benzene rings is 1. The number of hydrogen-bond acceptors (Lipinski definition) is 7. The molecule has 3 aromatic heterocycles. The maximum absolute atomic E-state index is 11.7. The number of pyridine rings is 2. The number of fused-ring (bicyclic) bond motifs is 1. The number of carbonyl (C=O) groups excluding carboxylic acids is 1. The predicted octanol–water partition coefficient (Wildman–Crippen LogP) is 2.84. The van der Waals surface area contributed by atoms with Gasteiger partial charge in [-0.1, -0.05) is 6.07 Å². The number of aliphatic hydroxyl groups is 1. The number of nitrogens with one attached hydrogen (secondary N) is 1. The summed E-state index contributed by atoms with van der Waals surface area (Å²) in [5.74, 6) is 1.24. The Balaban J connectivity index is 1.27. The van der Waals surface area contributed by atoms with Crippen molar-refractivity contribution in [3.8, 4) is 22.9 Å². The Bertz CT molecular complexity index is 1280. The van der Waals surface area contributed by atoms with Crippen LogP contribution in [0.3, 0.4) is 0 Å². The normalized spacial score (nSPS) is 16.6. The molecule has 0 radical (unpaired) electrons. The van der Waals surface area contributed by atoms with E-state index in [-0.39, 0.29) is 18.6 Å². The summed E-state index contributed by atoms with van der Waals surface area (Å²) in [7, 11) is 0. The predicted molar refractivity (Wildman–Crippen MR) is 127 cm³/mol. The van der Waals surface area contributed by atoms with Crippen LogP contribution in [0.4, 0.5) is 0 Å². The summed E-state index contributed by atoms with van der Waals surface area (Å²) >= 11 is 0. The standard InChI is InChI=1S/C25H26N6O3/c1-17(33)30-10-11-31(21(15-30)16-32)14-20-4-2-18-12-22(5-6-23(18)28-20)34-25-7-3-19(13-26-25)24-8-9-27-29-24/h2-9,12-13,21,32H,10-11,14-16H2,1H3,(H,27,29). The summed E-state index contributed by atoms with van der Waals surface area (Å²) in [6.45, 7) is 4.11. The van der Waals surface area contributed by atoms with E-state index in [0.717, 1.165) is 27.9 Å². The Morgan fingerprint density at radius 1 is 1.18 bits per heavy atom. The Kier molecular flexibility index (Phi) is 6.20. The summed E-state index contributed by atoms with van der Waals surface area (Å²) in [4.78, 5) is 24.8. The van der Waals surface area contributed by atoms with Crippen molar-refractivity contribution < 1.29 is 14.6 Å². The van der Waals surface area contributed by atoms with Crippen molar-refractivity contribution in [3.63, 3.8) is 0 Å². The zero-order chi connectivity index (χ0) is 23.5. The SMILES string of the molecule is CC(=O)N1CCN(Cc2ccc3cc(Oc4ccc(-c5ccn[nH]5)cn4)ccc3n2)C(CO)C1. The number of aromatic amines is 1. The lowest BCUT2D eigenvalue weighted by molar-refractivity contribution is -0.132. The molecule has 5 rings (SSSR count). The fourth-order valence-electron chi connectivity index (χ4n) is 4.20. The first-order valence-electron chi connectivity index (χ1n) is 11.2. The molecule has 9 nitrogen and oxygen atoms in total. The molecule has 1 aliphatic rings. The van der Waals surface area contributed by atoms with Crippen molar-refractivity contribution >= 4 is 16.8 Å². The summed E-state index contributed by atoms with van der Waals surface area (Å²) in [5.41, 5.74) is 3.63. The van der Waals surface area contributed by atoms with Crippen LogP contribution < -0.4 is 4.74 Å². The highest BCUT2D eigenvalue weighted by Crippen LogP contribution is 2.26. The monoisotopic (exact) mass is 458 g/mol. The van der Waals surface area contributed by atoms with Crippen LogP contribution in [0.5, 0.6) is 11.6 Å². The number of amides is 1. The molecule has 1 atom stereocenters. The molecule has 174 valence electrons. The molecular weight excluding hydrogens is 432 g/mol. The molecule has 0 bridgehead atoms. The number of nitrogens with zero attached hydrogens (tertiary/aromatic N) is 5. The van der Waals surface area contributed by atoms with Gasteiger partial charge in [-0.15, -0.1) is 0 Å². The van der Waals surface area contributed by atoms with Gasteiger partial charge >= 0.3 is 0 Å². The van der Waals surface area contributed by atoms with Crippen molar-refractivity contribution in [2.45, 2.75) is 19.5 Å². The topological polar surface area (TPSA) is 107 Å². The average Bonchev–Trinajstić information content (AvgIpc) is 3.40. The minimum Gasteiger partial charge on any atom is -0.439 e. The van der Waals surface area contributed by atoms with Crippen molar-refractivity contribution in [3.05, 3.63) is 66.6 Å². The largest absolute Gasteiger partial charge is 0.439 e. The molecule has 2 N–H and O–H groups in total. The quantitative estimate of drug-likeness (QED) is 0.457. The molecule has 1 amide bonds. The third-order valence-electron chi connectivity index (χ3n) is 6.11. The second-order valence-electron chi connectivity index (χ2n) is 8.39. The van der Waals surface area contributed by atoms with E-state index in [0.29, 0.717) is 37.8 Å². The Hall–Kier alpha value is -3.82. The maximum Gasteiger partial charge on any atom is 0.219 e. The first kappa shape index (κ1) is 22.0. The highest BCUT2D eigenvalue weighted by Gasteiger charge is 2.27. The van der Waals surface area contributed by atoms with Crippen molar-refractivity contribution in [1.82, 2.24) is 30.0 Å². The fraction of sp³-hybridized carbons (Fsp3) is 0.280. The minimum atomic E-state index is -0.0851. The molecule has 1 unspecified atom stereocenters. The molecule has 4 heterocycles. The third-order valence-corrected chi connectivity index (χ3v) is 6.11. The number of carbonyl (C=O) groups is 1. The van der Waals surface area contributed by atoms with E-state index in [2.05, 4.69) is 20.1 Å². The van der Waals surface area contributed by atoms with Crippen LogP contribution in [0.2, 0.25) is 0 Å². The molecule has 0 saturated carbocycles. The molecule has 1 aromatic carbocycles. The molecule has 34 heavy (non-hydrogen) atoms. The van der Waals surface area contributed by atoms with E-state index < -0.39 is 0 Å². The van der Waals surface area contributed by atoms with E-state index in [4.69, 9.17) is 9.72 Å². The molecule has 1 fully saturated rings. The fourth-order valence-corrected chi connectivity index (χ4v) is 4.20. The number of rotatable bonds is 6. The van der Waals surface area contributed by atoms with Crippen molar-refractivity contribution in [2.75, 3.05) is 26.2 Å². The van der Waals surface area contributed by atoms with Crippen LogP contribution in [-0.4, -0.2) is 73.3 Å². The lowest BCUT2D eigenvalue weighted by Crippen LogP contribution is -2.55. The van der Waals surface area contributed by atoms with Gasteiger partial charge in [-0.3, -0.25) is 19.8 Å². The van der Waals surface area contributed by atoms with Crippen molar-refractivity contribution in [2.24, 2.45) is 0 Å². The maximum atomic E-state index is 11.7. The van der Waals surface area contributed by atoms with Crippen LogP contribution >= 0.6 is 0 Å². The van der Waals surface area contributed by atoms with E-state index in [9.17, 15) is 9.90 Å². The number of aromatic nitrogens is 4. The minimum absolute atomic E-state index is 0.00889. The highest BCUT2D eigenvalue weighted by molar-refractivity contribution is 5.80. The lowest BCUT2D eigenvalue weighted by Gasteiger charge is -2.40. The first-order valence-corrected chi connectivity index (χ1v) is 11.2. The zero-order valence-corrected chi connectivity index (χ0v) is 18.9. The third kappa shape index (κ3) is 4.75. The number of H-pyrrole nitrogens is 1. The number of hydrogen-bond donors (Lipinski definition) is 2.